The van der Waals surface area contributed by atoms with Gasteiger partial charge in [0.25, 0.3) is 0 Å². The van der Waals surface area contributed by atoms with E-state index in [0.29, 0.717) is 0 Å². The van der Waals surface area contributed by atoms with Crippen LogP contribution < -0.4 is 0 Å². The molecule has 0 rings (SSSR count). The summed E-state index contributed by atoms with van der Waals surface area (Å²) in [4.78, 5) is 20.7. The molecule has 0 aliphatic rings. The lowest BCUT2D eigenvalue weighted by molar-refractivity contribution is -0.161. The third-order valence-corrected chi connectivity index (χ3v) is 1.24. The lowest BCUT2D eigenvalue weighted by Crippen LogP contribution is -2.39. The smallest absolute Gasteiger partial charge is 0.356 e. The highest BCUT2D eigenvalue weighted by Crippen LogP contribution is 2.01. The molecule has 2 atom stereocenters. The van der Waals surface area contributed by atoms with Crippen LogP contribution in [-0.4, -0.2) is 34.4 Å². The van der Waals surface area contributed by atoms with E-state index in [1.54, 1.807) is 0 Å². The Morgan fingerprint density at radius 1 is 1.00 bits per heavy atom. The summed E-state index contributed by atoms with van der Waals surface area (Å²) in [5.41, 5.74) is 0. The Balaban J connectivity index is 4.18. The molecule has 0 saturated carbocycles. The molecule has 8 heteroatoms. The Labute approximate surface area is 76.9 Å². The van der Waals surface area contributed by atoms with Gasteiger partial charge in [0.2, 0.25) is 0 Å². The average Bonchev–Trinajstić information content (AvgIpc) is 2.12. The van der Waals surface area contributed by atoms with Crippen LogP contribution in [0.1, 0.15) is 0 Å². The maximum absolute atomic E-state index is 10.4. The number of halogens is 2. The summed E-state index contributed by atoms with van der Waals surface area (Å²) in [6, 6.07) is 0. The molecule has 6 nitrogen and oxygen atoms in total. The second kappa shape index (κ2) is 5.15. The molecule has 0 aliphatic heterocycles. The van der Waals surface area contributed by atoms with Gasteiger partial charge in [-0.3, -0.25) is 0 Å². The van der Waals surface area contributed by atoms with Gasteiger partial charge in [0, 0.05) is 0 Å². The molecule has 0 saturated heterocycles. The van der Waals surface area contributed by atoms with Gasteiger partial charge in [-0.25, -0.2) is 9.59 Å². The first-order valence-corrected chi connectivity index (χ1v) is 3.17. The minimum atomic E-state index is -2.12. The van der Waals surface area contributed by atoms with E-state index in [-0.39, 0.29) is 0 Å². The van der Waals surface area contributed by atoms with E-state index in [1.165, 1.54) is 0 Å². The van der Waals surface area contributed by atoms with Crippen molar-refractivity contribution in [2.24, 2.45) is 0 Å². The molecule has 0 radical (unpaired) electrons. The van der Waals surface area contributed by atoms with E-state index < -0.39 is 24.1 Å². The standard InChI is InChI=1S/C4H4Cl2O6/c5-11-3(9)1(7)2(8)4(10)12-6/h1-2,7-8H. The number of carbonyl (C=O) groups is 2. The second-order valence-electron chi connectivity index (χ2n) is 1.68. The third kappa shape index (κ3) is 2.82. The predicted molar refractivity (Wildman–Crippen MR) is 35.9 cm³/mol. The normalized spacial score (nSPS) is 14.7. The Kier molecular flexibility index (Phi) is 4.91. The Morgan fingerprint density at radius 3 is 1.42 bits per heavy atom. The Morgan fingerprint density at radius 2 is 1.25 bits per heavy atom. The molecule has 0 aromatic heterocycles. The molecule has 0 aromatic carbocycles. The van der Waals surface area contributed by atoms with Gasteiger partial charge in [-0.05, 0) is 0 Å². The molecule has 0 heterocycles. The highest BCUT2D eigenvalue weighted by molar-refractivity contribution is 6.15. The van der Waals surface area contributed by atoms with Gasteiger partial charge < -0.3 is 18.8 Å². The molecular formula is C4H4Cl2O6. The van der Waals surface area contributed by atoms with Gasteiger partial charge in [0.15, 0.2) is 12.2 Å². The van der Waals surface area contributed by atoms with E-state index in [9.17, 15) is 9.59 Å². The van der Waals surface area contributed by atoms with Crippen molar-refractivity contribution in [3.63, 3.8) is 0 Å². The highest BCUT2D eigenvalue weighted by Gasteiger charge is 2.33. The van der Waals surface area contributed by atoms with Crippen molar-refractivity contribution < 1.29 is 28.4 Å². The van der Waals surface area contributed by atoms with Crippen LogP contribution in [0.15, 0.2) is 0 Å². The molecule has 2 unspecified atom stereocenters. The van der Waals surface area contributed by atoms with Gasteiger partial charge >= 0.3 is 11.9 Å². The first kappa shape index (κ1) is 11.4. The van der Waals surface area contributed by atoms with E-state index in [2.05, 4.69) is 32.3 Å². The summed E-state index contributed by atoms with van der Waals surface area (Å²) in [6.07, 6.45) is -4.23. The van der Waals surface area contributed by atoms with Crippen molar-refractivity contribution in [3.8, 4) is 0 Å². The van der Waals surface area contributed by atoms with Crippen molar-refractivity contribution in [1.29, 1.82) is 0 Å². The van der Waals surface area contributed by atoms with Crippen LogP contribution in [0.3, 0.4) is 0 Å². The van der Waals surface area contributed by atoms with Crippen molar-refractivity contribution in [3.05, 3.63) is 0 Å². The van der Waals surface area contributed by atoms with Crippen molar-refractivity contribution in [1.82, 2.24) is 0 Å². The first-order valence-electron chi connectivity index (χ1n) is 2.55. The van der Waals surface area contributed by atoms with E-state index in [0.717, 1.165) is 0 Å². The van der Waals surface area contributed by atoms with Gasteiger partial charge in [-0.2, -0.15) is 0 Å². The quantitative estimate of drug-likeness (QED) is 0.638. The molecule has 0 bridgehead atoms. The predicted octanol–water partition coefficient (Wildman–Crippen LogP) is -0.898. The molecule has 0 fully saturated rings. The van der Waals surface area contributed by atoms with Gasteiger partial charge in [-0.15, -0.1) is 0 Å². The fourth-order valence-corrected chi connectivity index (χ4v) is 0.532. The average molecular weight is 219 g/mol. The lowest BCUT2D eigenvalue weighted by Gasteiger charge is -2.10. The number of rotatable bonds is 3. The SMILES string of the molecule is O=C(OCl)C(O)C(O)C(=O)OCl. The van der Waals surface area contributed by atoms with Crippen LogP contribution >= 0.6 is 23.7 Å². The number of hydrogen-bond donors (Lipinski definition) is 2. The number of carbonyl (C=O) groups excluding carboxylic acids is 2. The van der Waals surface area contributed by atoms with Crippen LogP contribution in [0.4, 0.5) is 0 Å². The Hall–Kier alpha value is -0.560. The number of aliphatic hydroxyl groups is 2. The summed E-state index contributed by atoms with van der Waals surface area (Å²) in [7, 11) is 0. The summed E-state index contributed by atoms with van der Waals surface area (Å²) >= 11 is 9.07. The maximum Gasteiger partial charge on any atom is 0.356 e. The monoisotopic (exact) mass is 218 g/mol. The van der Waals surface area contributed by atoms with E-state index in [1.807, 2.05) is 0 Å². The minimum Gasteiger partial charge on any atom is -0.379 e. The molecule has 12 heavy (non-hydrogen) atoms. The number of aliphatic hydroxyl groups excluding tert-OH is 2. The summed E-state index contributed by atoms with van der Waals surface area (Å²) in [5.74, 6) is -2.77. The van der Waals surface area contributed by atoms with Crippen LogP contribution in [-0.2, 0) is 18.2 Å². The molecule has 0 amide bonds. The highest BCUT2D eigenvalue weighted by atomic mass is 35.5. The molecular weight excluding hydrogens is 215 g/mol. The van der Waals surface area contributed by atoms with Crippen molar-refractivity contribution in [2.45, 2.75) is 12.2 Å². The van der Waals surface area contributed by atoms with E-state index in [4.69, 9.17) is 10.2 Å². The fraction of sp³-hybridized carbons (Fsp3) is 0.500. The first-order chi connectivity index (χ1) is 5.54. The summed E-state index contributed by atoms with van der Waals surface area (Å²) in [6.45, 7) is 0. The van der Waals surface area contributed by atoms with Crippen molar-refractivity contribution in [2.75, 3.05) is 0 Å². The zero-order valence-electron chi connectivity index (χ0n) is 5.44. The lowest BCUT2D eigenvalue weighted by atomic mass is 10.2. The summed E-state index contributed by atoms with van der Waals surface area (Å²) < 4.78 is 7.00. The van der Waals surface area contributed by atoms with Gasteiger partial charge in [-0.1, -0.05) is 0 Å². The molecule has 70 valence electrons. The van der Waals surface area contributed by atoms with Gasteiger partial charge in [0.05, 0.1) is 0 Å². The number of hydrogen-bond acceptors (Lipinski definition) is 6. The van der Waals surface area contributed by atoms with Crippen molar-refractivity contribution >= 4 is 35.7 Å². The topological polar surface area (TPSA) is 93.1 Å². The molecule has 2 N–H and O–H groups in total. The van der Waals surface area contributed by atoms with Crippen LogP contribution in [0.2, 0.25) is 0 Å². The third-order valence-electron chi connectivity index (χ3n) is 0.934. The minimum absolute atomic E-state index is 1.38. The van der Waals surface area contributed by atoms with Crippen LogP contribution in [0, 0.1) is 0 Å². The maximum atomic E-state index is 10.4. The van der Waals surface area contributed by atoms with Gasteiger partial charge in [0.1, 0.15) is 23.7 Å². The second-order valence-corrected chi connectivity index (χ2v) is 1.99. The molecule has 0 aliphatic carbocycles. The molecule has 0 aromatic rings. The summed E-state index contributed by atoms with van der Waals surface area (Å²) in [5, 5.41) is 17.4. The van der Waals surface area contributed by atoms with Crippen LogP contribution in [0.25, 0.3) is 0 Å². The molecule has 0 spiro atoms. The zero-order valence-corrected chi connectivity index (χ0v) is 6.95. The fourth-order valence-electron chi connectivity index (χ4n) is 0.349. The van der Waals surface area contributed by atoms with E-state index >= 15 is 0 Å². The zero-order chi connectivity index (χ0) is 9.72. The van der Waals surface area contributed by atoms with Crippen LogP contribution in [0.5, 0.6) is 0 Å². The Bertz CT molecular complexity index is 162. The largest absolute Gasteiger partial charge is 0.379 e.